The third-order valence-corrected chi connectivity index (χ3v) is 6.40. The van der Waals surface area contributed by atoms with Crippen LogP contribution in [0.1, 0.15) is 11.1 Å². The van der Waals surface area contributed by atoms with Crippen LogP contribution in [0.4, 0.5) is 5.69 Å². The lowest BCUT2D eigenvalue weighted by atomic mass is 10.0. The number of fused-ring (bicyclic) bond motifs is 2. The summed E-state index contributed by atoms with van der Waals surface area (Å²) in [6, 6.07) is 32.5. The van der Waals surface area contributed by atoms with Gasteiger partial charge in [0.1, 0.15) is 24.0 Å². The van der Waals surface area contributed by atoms with E-state index in [9.17, 15) is 10.1 Å². The number of nitriles is 1. The lowest BCUT2D eigenvalue weighted by Gasteiger charge is -2.14. The van der Waals surface area contributed by atoms with Crippen molar-refractivity contribution in [2.75, 3.05) is 5.32 Å². The Morgan fingerprint density at radius 2 is 1.49 bits per heavy atom. The monoisotopic (exact) mass is 522 g/mol. The largest absolute Gasteiger partial charge is 0.488 e. The summed E-state index contributed by atoms with van der Waals surface area (Å²) in [7, 11) is 0. The minimum Gasteiger partial charge on any atom is -0.488 e. The SMILES string of the molecule is N#C/C(=C\c1c(OCc2cccc3ccccc23)ccc2ccccc12)C(=O)Nc1cc(Cl)cc(Cl)c1. The van der Waals surface area contributed by atoms with Crippen LogP contribution in [-0.2, 0) is 11.4 Å². The molecular weight excluding hydrogens is 503 g/mol. The maximum absolute atomic E-state index is 13.0. The van der Waals surface area contributed by atoms with E-state index in [1.807, 2.05) is 66.7 Å². The van der Waals surface area contributed by atoms with Crippen LogP contribution < -0.4 is 10.1 Å². The van der Waals surface area contributed by atoms with Gasteiger partial charge in [0, 0.05) is 21.3 Å². The molecule has 6 heteroatoms. The van der Waals surface area contributed by atoms with Gasteiger partial charge >= 0.3 is 0 Å². The number of carbonyl (C=O) groups excluding carboxylic acids is 1. The van der Waals surface area contributed by atoms with E-state index in [4.69, 9.17) is 27.9 Å². The predicted octanol–water partition coefficient (Wildman–Crippen LogP) is 8.42. The van der Waals surface area contributed by atoms with Crippen LogP contribution in [0.25, 0.3) is 27.6 Å². The highest BCUT2D eigenvalue weighted by molar-refractivity contribution is 6.35. The molecule has 1 amide bonds. The molecule has 0 saturated heterocycles. The fourth-order valence-electron chi connectivity index (χ4n) is 4.24. The second kappa shape index (κ2) is 10.8. The van der Waals surface area contributed by atoms with Crippen LogP contribution in [0.5, 0.6) is 5.75 Å². The molecule has 5 aromatic rings. The summed E-state index contributed by atoms with van der Waals surface area (Å²) in [4.78, 5) is 13.0. The molecule has 5 aromatic carbocycles. The Kier molecular flexibility index (Phi) is 7.09. The average molecular weight is 523 g/mol. The van der Waals surface area contributed by atoms with Crippen LogP contribution in [0.2, 0.25) is 10.0 Å². The molecule has 0 aliphatic carbocycles. The number of hydrogen-bond acceptors (Lipinski definition) is 3. The number of ether oxygens (including phenoxy) is 1. The second-order valence-corrected chi connectivity index (χ2v) is 9.28. The number of carbonyl (C=O) groups is 1. The van der Waals surface area contributed by atoms with Crippen molar-refractivity contribution >= 4 is 62.4 Å². The molecule has 0 aliphatic heterocycles. The zero-order valence-corrected chi connectivity index (χ0v) is 21.1. The summed E-state index contributed by atoms with van der Waals surface area (Å²) < 4.78 is 6.29. The number of hydrogen-bond donors (Lipinski definition) is 1. The molecule has 0 unspecified atom stereocenters. The maximum Gasteiger partial charge on any atom is 0.266 e. The molecule has 0 spiro atoms. The van der Waals surface area contributed by atoms with Crippen molar-refractivity contribution < 1.29 is 9.53 Å². The third-order valence-electron chi connectivity index (χ3n) is 5.97. The predicted molar refractivity (Wildman–Crippen MR) is 151 cm³/mol. The lowest BCUT2D eigenvalue weighted by Crippen LogP contribution is -2.13. The molecule has 37 heavy (non-hydrogen) atoms. The minimum absolute atomic E-state index is 0.0811. The molecule has 0 saturated carbocycles. The zero-order chi connectivity index (χ0) is 25.8. The molecule has 0 heterocycles. The van der Waals surface area contributed by atoms with Crippen LogP contribution in [0, 0.1) is 11.3 Å². The average Bonchev–Trinajstić information content (AvgIpc) is 2.90. The molecule has 1 N–H and O–H groups in total. The fraction of sp³-hybridized carbons (Fsp3) is 0.0323. The van der Waals surface area contributed by atoms with Crippen molar-refractivity contribution in [2.24, 2.45) is 0 Å². The number of rotatable bonds is 6. The Morgan fingerprint density at radius 3 is 2.22 bits per heavy atom. The van der Waals surface area contributed by atoms with Gasteiger partial charge in [-0.1, -0.05) is 96.0 Å². The lowest BCUT2D eigenvalue weighted by molar-refractivity contribution is -0.112. The number of anilines is 1. The van der Waals surface area contributed by atoms with E-state index in [1.165, 1.54) is 0 Å². The normalized spacial score (nSPS) is 11.3. The van der Waals surface area contributed by atoms with Gasteiger partial charge in [-0.25, -0.2) is 0 Å². The van der Waals surface area contributed by atoms with E-state index in [2.05, 4.69) is 23.5 Å². The summed E-state index contributed by atoms with van der Waals surface area (Å²) >= 11 is 12.1. The highest BCUT2D eigenvalue weighted by Gasteiger charge is 2.15. The summed E-state index contributed by atoms with van der Waals surface area (Å²) in [5, 5.41) is 17.4. The quantitative estimate of drug-likeness (QED) is 0.180. The third kappa shape index (κ3) is 5.44. The van der Waals surface area contributed by atoms with Gasteiger partial charge in [-0.2, -0.15) is 5.26 Å². The molecule has 5 rings (SSSR count). The Hall–Kier alpha value is -4.30. The highest BCUT2D eigenvalue weighted by atomic mass is 35.5. The Morgan fingerprint density at radius 1 is 0.838 bits per heavy atom. The van der Waals surface area contributed by atoms with Gasteiger partial charge in [0.25, 0.3) is 5.91 Å². The number of nitrogens with zero attached hydrogens (tertiary/aromatic N) is 1. The molecular formula is C31H20Cl2N2O2. The second-order valence-electron chi connectivity index (χ2n) is 8.41. The van der Waals surface area contributed by atoms with Gasteiger partial charge in [0.05, 0.1) is 0 Å². The smallest absolute Gasteiger partial charge is 0.266 e. The summed E-state index contributed by atoms with van der Waals surface area (Å²) in [5.74, 6) is -0.00763. The van der Waals surface area contributed by atoms with E-state index in [1.54, 1.807) is 24.3 Å². The zero-order valence-electron chi connectivity index (χ0n) is 19.5. The van der Waals surface area contributed by atoms with Crippen LogP contribution in [0.15, 0.2) is 103 Å². The van der Waals surface area contributed by atoms with Crippen molar-refractivity contribution in [1.82, 2.24) is 0 Å². The van der Waals surface area contributed by atoms with Crippen molar-refractivity contribution in [3.8, 4) is 11.8 Å². The van der Waals surface area contributed by atoms with Crippen LogP contribution >= 0.6 is 23.2 Å². The molecule has 0 aromatic heterocycles. The van der Waals surface area contributed by atoms with E-state index in [0.717, 1.165) is 27.1 Å². The summed E-state index contributed by atoms with van der Waals surface area (Å²) in [6.45, 7) is 0.329. The van der Waals surface area contributed by atoms with E-state index in [0.29, 0.717) is 33.7 Å². The van der Waals surface area contributed by atoms with E-state index in [-0.39, 0.29) is 5.57 Å². The van der Waals surface area contributed by atoms with Gasteiger partial charge < -0.3 is 10.1 Å². The standard InChI is InChI=1S/C31H20Cl2N2O2/c32-24-15-25(33)17-26(16-24)35-31(36)23(18-34)14-29-28-11-4-2-7-21(28)12-13-30(29)37-19-22-9-5-8-20-6-1-3-10-27(20)22/h1-17H,19H2,(H,35,36)/b23-14+. The number of amides is 1. The molecule has 0 radical (unpaired) electrons. The van der Waals surface area contributed by atoms with Crippen molar-refractivity contribution in [3.63, 3.8) is 0 Å². The maximum atomic E-state index is 13.0. The van der Waals surface area contributed by atoms with Crippen molar-refractivity contribution in [3.05, 3.63) is 124 Å². The molecule has 0 aliphatic rings. The Balaban J connectivity index is 1.52. The van der Waals surface area contributed by atoms with Gasteiger partial charge in [0.2, 0.25) is 0 Å². The first-order valence-electron chi connectivity index (χ1n) is 11.5. The molecule has 180 valence electrons. The first kappa shape index (κ1) is 24.4. The van der Waals surface area contributed by atoms with Crippen LogP contribution in [0.3, 0.4) is 0 Å². The van der Waals surface area contributed by atoms with Gasteiger partial charge in [0.15, 0.2) is 0 Å². The molecule has 0 atom stereocenters. The van der Waals surface area contributed by atoms with E-state index < -0.39 is 5.91 Å². The van der Waals surface area contributed by atoms with Crippen molar-refractivity contribution in [2.45, 2.75) is 6.61 Å². The van der Waals surface area contributed by atoms with Gasteiger partial charge in [-0.15, -0.1) is 0 Å². The molecule has 4 nitrogen and oxygen atoms in total. The fourth-order valence-corrected chi connectivity index (χ4v) is 4.77. The first-order chi connectivity index (χ1) is 18.0. The topological polar surface area (TPSA) is 62.1 Å². The Labute approximate surface area is 224 Å². The number of halogens is 2. The Bertz CT molecular complexity index is 1690. The highest BCUT2D eigenvalue weighted by Crippen LogP contribution is 2.32. The molecule has 0 fully saturated rings. The van der Waals surface area contributed by atoms with Gasteiger partial charge in [-0.3, -0.25) is 4.79 Å². The van der Waals surface area contributed by atoms with E-state index >= 15 is 0 Å². The number of benzene rings is 5. The number of nitrogens with one attached hydrogen (secondary N) is 1. The first-order valence-corrected chi connectivity index (χ1v) is 12.3. The molecule has 0 bridgehead atoms. The summed E-state index contributed by atoms with van der Waals surface area (Å²) in [5.41, 5.74) is 2.00. The minimum atomic E-state index is -0.575. The van der Waals surface area contributed by atoms with Crippen molar-refractivity contribution in [1.29, 1.82) is 5.26 Å². The van der Waals surface area contributed by atoms with Gasteiger partial charge in [-0.05, 0) is 57.4 Å². The van der Waals surface area contributed by atoms with Crippen LogP contribution in [-0.4, -0.2) is 5.91 Å². The summed E-state index contributed by atoms with van der Waals surface area (Å²) in [6.07, 6.45) is 1.56.